The SMILES string of the molecule is CCOC(=O)C1(N)CCC(Oc2ccccc2OC)C1. The largest absolute Gasteiger partial charge is 0.493 e. The lowest BCUT2D eigenvalue weighted by atomic mass is 9.99. The van der Waals surface area contributed by atoms with Crippen LogP contribution >= 0.6 is 0 Å². The maximum Gasteiger partial charge on any atom is 0.326 e. The van der Waals surface area contributed by atoms with Crippen molar-refractivity contribution in [1.29, 1.82) is 0 Å². The van der Waals surface area contributed by atoms with Gasteiger partial charge in [0.25, 0.3) is 0 Å². The van der Waals surface area contributed by atoms with E-state index >= 15 is 0 Å². The lowest BCUT2D eigenvalue weighted by Crippen LogP contribution is -2.47. The molecule has 0 aliphatic heterocycles. The molecule has 2 atom stereocenters. The molecule has 2 unspecified atom stereocenters. The van der Waals surface area contributed by atoms with Gasteiger partial charge in [-0.1, -0.05) is 12.1 Å². The maximum atomic E-state index is 11.9. The van der Waals surface area contributed by atoms with Crippen LogP contribution in [0.15, 0.2) is 24.3 Å². The van der Waals surface area contributed by atoms with Gasteiger partial charge in [-0.2, -0.15) is 0 Å². The number of para-hydroxylation sites is 2. The molecule has 1 aliphatic carbocycles. The van der Waals surface area contributed by atoms with E-state index in [2.05, 4.69) is 0 Å². The first kappa shape index (κ1) is 14.7. The van der Waals surface area contributed by atoms with Gasteiger partial charge in [0.1, 0.15) is 11.6 Å². The summed E-state index contributed by atoms with van der Waals surface area (Å²) in [5.74, 6) is 1.01. The Labute approximate surface area is 119 Å². The minimum absolute atomic E-state index is 0.0966. The number of carbonyl (C=O) groups is 1. The number of ether oxygens (including phenoxy) is 3. The minimum Gasteiger partial charge on any atom is -0.493 e. The number of carbonyl (C=O) groups excluding carboxylic acids is 1. The Bertz CT molecular complexity index is 477. The molecule has 1 aliphatic rings. The van der Waals surface area contributed by atoms with Gasteiger partial charge in [0.2, 0.25) is 0 Å². The summed E-state index contributed by atoms with van der Waals surface area (Å²) in [6.07, 6.45) is 1.67. The molecule has 20 heavy (non-hydrogen) atoms. The Morgan fingerprint density at radius 1 is 1.40 bits per heavy atom. The Morgan fingerprint density at radius 3 is 2.75 bits per heavy atom. The molecule has 1 aromatic carbocycles. The molecule has 1 fully saturated rings. The maximum absolute atomic E-state index is 11.9. The monoisotopic (exact) mass is 279 g/mol. The van der Waals surface area contributed by atoms with E-state index in [0.717, 1.165) is 6.42 Å². The van der Waals surface area contributed by atoms with Crippen molar-refractivity contribution in [3.8, 4) is 11.5 Å². The van der Waals surface area contributed by atoms with Crippen molar-refractivity contribution >= 4 is 5.97 Å². The first-order valence-corrected chi connectivity index (χ1v) is 6.85. The second-order valence-corrected chi connectivity index (χ2v) is 5.01. The highest BCUT2D eigenvalue weighted by molar-refractivity contribution is 5.81. The lowest BCUT2D eigenvalue weighted by molar-refractivity contribution is -0.149. The second kappa shape index (κ2) is 6.13. The molecule has 5 nitrogen and oxygen atoms in total. The van der Waals surface area contributed by atoms with E-state index in [4.69, 9.17) is 19.9 Å². The van der Waals surface area contributed by atoms with E-state index in [1.165, 1.54) is 0 Å². The summed E-state index contributed by atoms with van der Waals surface area (Å²) < 4.78 is 16.2. The standard InChI is InChI=1S/C15H21NO4/c1-3-19-14(17)15(16)9-8-11(10-15)20-13-7-5-4-6-12(13)18-2/h4-7,11H,3,8-10,16H2,1-2H3. The van der Waals surface area contributed by atoms with Gasteiger partial charge >= 0.3 is 5.97 Å². The Hall–Kier alpha value is -1.75. The smallest absolute Gasteiger partial charge is 0.326 e. The molecule has 0 amide bonds. The first-order valence-electron chi connectivity index (χ1n) is 6.85. The molecule has 5 heteroatoms. The Kier molecular flexibility index (Phi) is 4.49. The van der Waals surface area contributed by atoms with E-state index in [-0.39, 0.29) is 12.1 Å². The van der Waals surface area contributed by atoms with Crippen LogP contribution in [-0.2, 0) is 9.53 Å². The zero-order chi connectivity index (χ0) is 14.6. The second-order valence-electron chi connectivity index (χ2n) is 5.01. The topological polar surface area (TPSA) is 70.8 Å². The van der Waals surface area contributed by atoms with Crippen LogP contribution in [0.25, 0.3) is 0 Å². The number of hydrogen-bond donors (Lipinski definition) is 1. The van der Waals surface area contributed by atoms with E-state index < -0.39 is 5.54 Å². The van der Waals surface area contributed by atoms with E-state index in [0.29, 0.717) is 30.9 Å². The first-order chi connectivity index (χ1) is 9.59. The fraction of sp³-hybridized carbons (Fsp3) is 0.533. The Morgan fingerprint density at radius 2 is 2.10 bits per heavy atom. The van der Waals surface area contributed by atoms with E-state index in [1.54, 1.807) is 14.0 Å². The van der Waals surface area contributed by atoms with Crippen molar-refractivity contribution in [2.45, 2.75) is 37.8 Å². The highest BCUT2D eigenvalue weighted by Crippen LogP contribution is 2.35. The fourth-order valence-corrected chi connectivity index (χ4v) is 2.49. The molecule has 0 bridgehead atoms. The van der Waals surface area contributed by atoms with Crippen LogP contribution < -0.4 is 15.2 Å². The van der Waals surface area contributed by atoms with Crippen LogP contribution in [0.5, 0.6) is 11.5 Å². The molecule has 1 aromatic rings. The summed E-state index contributed by atoms with van der Waals surface area (Å²) in [5.41, 5.74) is 5.19. The van der Waals surface area contributed by atoms with Crippen LogP contribution in [0.1, 0.15) is 26.2 Å². The number of hydrogen-bond acceptors (Lipinski definition) is 5. The fourth-order valence-electron chi connectivity index (χ4n) is 2.49. The van der Waals surface area contributed by atoms with Crippen molar-refractivity contribution in [3.63, 3.8) is 0 Å². The van der Waals surface area contributed by atoms with Crippen molar-refractivity contribution in [2.24, 2.45) is 5.73 Å². The normalized spacial score (nSPS) is 25.2. The van der Waals surface area contributed by atoms with Crippen molar-refractivity contribution in [3.05, 3.63) is 24.3 Å². The summed E-state index contributed by atoms with van der Waals surface area (Å²) in [7, 11) is 1.60. The third-order valence-corrected chi connectivity index (χ3v) is 3.55. The average Bonchev–Trinajstić information content (AvgIpc) is 2.82. The molecule has 0 heterocycles. The van der Waals surface area contributed by atoms with Crippen LogP contribution in [0, 0.1) is 0 Å². The summed E-state index contributed by atoms with van der Waals surface area (Å²) >= 11 is 0. The van der Waals surface area contributed by atoms with E-state index in [1.807, 2.05) is 24.3 Å². The van der Waals surface area contributed by atoms with Gasteiger partial charge < -0.3 is 19.9 Å². The number of rotatable bonds is 5. The van der Waals surface area contributed by atoms with Gasteiger partial charge in [-0.25, -0.2) is 0 Å². The highest BCUT2D eigenvalue weighted by atomic mass is 16.5. The van der Waals surface area contributed by atoms with Crippen LogP contribution in [0.4, 0.5) is 0 Å². The van der Waals surface area contributed by atoms with Gasteiger partial charge in [0.15, 0.2) is 11.5 Å². The van der Waals surface area contributed by atoms with Crippen LogP contribution in [0.2, 0.25) is 0 Å². The molecule has 2 N–H and O–H groups in total. The van der Waals surface area contributed by atoms with Gasteiger partial charge in [-0.05, 0) is 31.9 Å². The van der Waals surface area contributed by atoms with Crippen LogP contribution in [0.3, 0.4) is 0 Å². The summed E-state index contributed by atoms with van der Waals surface area (Å²) in [5, 5.41) is 0. The van der Waals surface area contributed by atoms with Gasteiger partial charge in [0, 0.05) is 6.42 Å². The van der Waals surface area contributed by atoms with Crippen molar-refractivity contribution < 1.29 is 19.0 Å². The predicted molar refractivity (Wildman–Crippen MR) is 74.8 cm³/mol. The molecule has 1 saturated carbocycles. The number of nitrogens with two attached hydrogens (primary N) is 1. The van der Waals surface area contributed by atoms with E-state index in [9.17, 15) is 4.79 Å². The molecule has 0 saturated heterocycles. The molecule has 2 rings (SSSR count). The zero-order valence-electron chi connectivity index (χ0n) is 11.9. The zero-order valence-corrected chi connectivity index (χ0v) is 11.9. The summed E-state index contributed by atoms with van der Waals surface area (Å²) in [6.45, 7) is 2.12. The third kappa shape index (κ3) is 3.04. The molecular weight excluding hydrogens is 258 g/mol. The molecule has 110 valence electrons. The average molecular weight is 279 g/mol. The summed E-state index contributed by atoms with van der Waals surface area (Å²) in [4.78, 5) is 11.9. The van der Waals surface area contributed by atoms with Gasteiger partial charge in [-0.3, -0.25) is 4.79 Å². The highest BCUT2D eigenvalue weighted by Gasteiger charge is 2.44. The molecule has 0 aromatic heterocycles. The van der Waals surface area contributed by atoms with Crippen molar-refractivity contribution in [1.82, 2.24) is 0 Å². The predicted octanol–water partition coefficient (Wildman–Crippen LogP) is 1.89. The number of benzene rings is 1. The third-order valence-electron chi connectivity index (χ3n) is 3.55. The number of esters is 1. The Balaban J connectivity index is 2.01. The molecule has 0 radical (unpaired) electrons. The number of methoxy groups -OCH3 is 1. The molecular formula is C15H21NO4. The van der Waals surface area contributed by atoms with Crippen molar-refractivity contribution in [2.75, 3.05) is 13.7 Å². The van der Waals surface area contributed by atoms with Gasteiger partial charge in [-0.15, -0.1) is 0 Å². The minimum atomic E-state index is -0.928. The lowest BCUT2D eigenvalue weighted by Gasteiger charge is -2.22. The van der Waals surface area contributed by atoms with Crippen LogP contribution in [-0.4, -0.2) is 31.3 Å². The molecule has 0 spiro atoms. The van der Waals surface area contributed by atoms with Gasteiger partial charge in [0.05, 0.1) is 13.7 Å². The summed E-state index contributed by atoms with van der Waals surface area (Å²) in [6, 6.07) is 7.45. The quantitative estimate of drug-likeness (QED) is 0.833.